The van der Waals surface area contributed by atoms with Crippen molar-refractivity contribution in [3.05, 3.63) is 0 Å². The summed E-state index contributed by atoms with van der Waals surface area (Å²) in [6.07, 6.45) is 5.84. The summed E-state index contributed by atoms with van der Waals surface area (Å²) in [5, 5.41) is 9.05. The Morgan fingerprint density at radius 3 is 2.29 bits per heavy atom. The summed E-state index contributed by atoms with van der Waals surface area (Å²) in [6.45, 7) is 2.15. The molecular weight excluding hydrogens is 236 g/mol. The van der Waals surface area contributed by atoms with E-state index in [-0.39, 0.29) is 5.25 Å². The first-order valence-electron chi connectivity index (χ1n) is 6.45. The number of nitrogens with one attached hydrogen (secondary N) is 1. The molecule has 0 saturated heterocycles. The van der Waals surface area contributed by atoms with Gasteiger partial charge in [-0.2, -0.15) is 9.98 Å². The predicted octanol–water partition coefficient (Wildman–Crippen LogP) is 1.93. The Morgan fingerprint density at radius 1 is 1.29 bits per heavy atom. The molecule has 0 aromatic rings. The lowest BCUT2D eigenvalue weighted by atomic mass is 9.77. The van der Waals surface area contributed by atoms with Crippen molar-refractivity contribution in [2.24, 2.45) is 5.92 Å². The van der Waals surface area contributed by atoms with Crippen LogP contribution in [0.15, 0.2) is 0 Å². The zero-order valence-corrected chi connectivity index (χ0v) is 11.1. The highest BCUT2D eigenvalue weighted by molar-refractivity contribution is 7.90. The summed E-state index contributed by atoms with van der Waals surface area (Å²) < 4.78 is 26.5. The molecule has 2 fully saturated rings. The first-order chi connectivity index (χ1) is 8.01. The van der Waals surface area contributed by atoms with E-state index in [2.05, 4.69) is 17.7 Å². The number of rotatable bonds is 4. The van der Waals surface area contributed by atoms with Gasteiger partial charge in [0.2, 0.25) is 10.0 Å². The van der Waals surface area contributed by atoms with E-state index in [1.54, 1.807) is 0 Å². The number of hydrogen-bond acceptors (Lipinski definition) is 3. The van der Waals surface area contributed by atoms with Gasteiger partial charge in [-0.15, -0.1) is 0 Å². The van der Waals surface area contributed by atoms with Crippen LogP contribution >= 0.6 is 0 Å². The Labute approximate surface area is 103 Å². The van der Waals surface area contributed by atoms with E-state index in [9.17, 15) is 13.7 Å². The zero-order chi connectivity index (χ0) is 12.5. The number of hydrogen-bond donors (Lipinski definition) is 1. The quantitative estimate of drug-likeness (QED) is 0.835. The van der Waals surface area contributed by atoms with Crippen LogP contribution in [0, 0.1) is 17.2 Å². The number of nitriles is 1. The summed E-state index contributed by atoms with van der Waals surface area (Å²) in [4.78, 5) is 0. The second kappa shape index (κ2) is 4.58. The molecule has 0 aromatic heterocycles. The van der Waals surface area contributed by atoms with E-state index in [1.807, 2.05) is 0 Å². The van der Waals surface area contributed by atoms with Gasteiger partial charge < -0.3 is 0 Å². The molecule has 2 rings (SSSR count). The Balaban J connectivity index is 2.04. The van der Waals surface area contributed by atoms with Gasteiger partial charge >= 0.3 is 0 Å². The highest BCUT2D eigenvalue weighted by Crippen LogP contribution is 2.36. The van der Waals surface area contributed by atoms with Crippen LogP contribution in [-0.2, 0) is 10.0 Å². The van der Waals surface area contributed by atoms with E-state index in [1.165, 1.54) is 0 Å². The van der Waals surface area contributed by atoms with Crippen molar-refractivity contribution in [2.45, 2.75) is 62.7 Å². The van der Waals surface area contributed by atoms with Gasteiger partial charge in [-0.25, -0.2) is 8.42 Å². The molecule has 1 N–H and O–H groups in total. The zero-order valence-electron chi connectivity index (χ0n) is 10.3. The summed E-state index contributed by atoms with van der Waals surface area (Å²) in [5.41, 5.74) is -0.826. The molecule has 96 valence electrons. The molecule has 5 heteroatoms. The molecule has 17 heavy (non-hydrogen) atoms. The molecule has 0 heterocycles. The lowest BCUT2D eigenvalue weighted by Crippen LogP contribution is -2.50. The Morgan fingerprint density at radius 2 is 1.88 bits per heavy atom. The van der Waals surface area contributed by atoms with Crippen LogP contribution < -0.4 is 4.72 Å². The van der Waals surface area contributed by atoms with Crippen molar-refractivity contribution < 1.29 is 8.42 Å². The third-order valence-corrected chi connectivity index (χ3v) is 6.08. The second-order valence-corrected chi connectivity index (χ2v) is 7.35. The molecule has 0 atom stereocenters. The third kappa shape index (κ3) is 2.80. The van der Waals surface area contributed by atoms with E-state index in [0.29, 0.717) is 18.8 Å². The molecule has 0 bridgehead atoms. The second-order valence-electron chi connectivity index (χ2n) is 5.39. The van der Waals surface area contributed by atoms with Crippen molar-refractivity contribution in [1.29, 1.82) is 5.26 Å². The van der Waals surface area contributed by atoms with E-state index in [0.717, 1.165) is 32.1 Å². The van der Waals surface area contributed by atoms with Gasteiger partial charge in [-0.05, 0) is 44.4 Å². The summed E-state index contributed by atoms with van der Waals surface area (Å²) in [7, 11) is -3.25. The molecule has 2 aliphatic rings. The molecule has 0 aromatic carbocycles. The van der Waals surface area contributed by atoms with Crippen molar-refractivity contribution in [1.82, 2.24) is 4.72 Å². The average Bonchev–Trinajstić information content (AvgIpc) is 3.13. The highest BCUT2D eigenvalue weighted by Gasteiger charge is 2.44. The fourth-order valence-electron chi connectivity index (χ4n) is 2.55. The maximum atomic E-state index is 11.9. The van der Waals surface area contributed by atoms with Gasteiger partial charge in [0, 0.05) is 0 Å². The molecule has 4 nitrogen and oxygen atoms in total. The maximum absolute atomic E-state index is 11.9. The average molecular weight is 256 g/mol. The summed E-state index contributed by atoms with van der Waals surface area (Å²) >= 11 is 0. The monoisotopic (exact) mass is 256 g/mol. The van der Waals surface area contributed by atoms with Crippen LogP contribution in [-0.4, -0.2) is 19.2 Å². The van der Waals surface area contributed by atoms with E-state index < -0.39 is 15.6 Å². The minimum absolute atomic E-state index is 0.239. The van der Waals surface area contributed by atoms with Crippen LogP contribution in [0.25, 0.3) is 0 Å². The molecule has 2 aliphatic carbocycles. The van der Waals surface area contributed by atoms with E-state index >= 15 is 0 Å². The molecule has 0 spiro atoms. The fraction of sp³-hybridized carbons (Fsp3) is 0.917. The lowest BCUT2D eigenvalue weighted by Gasteiger charge is -2.35. The first kappa shape index (κ1) is 12.8. The van der Waals surface area contributed by atoms with Crippen molar-refractivity contribution in [2.75, 3.05) is 0 Å². The van der Waals surface area contributed by atoms with Crippen molar-refractivity contribution in [3.8, 4) is 6.07 Å². The summed E-state index contributed by atoms with van der Waals surface area (Å²) in [5.74, 6) is 0.655. The van der Waals surface area contributed by atoms with Crippen LogP contribution in [0.5, 0.6) is 0 Å². The van der Waals surface area contributed by atoms with Gasteiger partial charge in [-0.3, -0.25) is 0 Å². The highest BCUT2D eigenvalue weighted by atomic mass is 32.2. The standard InChI is InChI=1S/C12H20N2O2S/c1-2-10-5-7-12(9-13,8-6-10)14-17(15,16)11-3-4-11/h10-11,14H,2-8H2,1H3. The molecule has 0 amide bonds. The Hall–Kier alpha value is -0.600. The minimum Gasteiger partial charge on any atom is -0.212 e. The first-order valence-corrected chi connectivity index (χ1v) is 8.00. The summed E-state index contributed by atoms with van der Waals surface area (Å²) in [6, 6.07) is 2.21. The molecule has 2 saturated carbocycles. The van der Waals surface area contributed by atoms with Crippen LogP contribution in [0.3, 0.4) is 0 Å². The molecule has 0 radical (unpaired) electrons. The molecular formula is C12H20N2O2S. The lowest BCUT2D eigenvalue weighted by molar-refractivity contribution is 0.259. The maximum Gasteiger partial charge on any atom is 0.215 e. The van der Waals surface area contributed by atoms with Gasteiger partial charge in [-0.1, -0.05) is 13.3 Å². The van der Waals surface area contributed by atoms with Crippen molar-refractivity contribution in [3.63, 3.8) is 0 Å². The fourth-order valence-corrected chi connectivity index (χ4v) is 4.27. The van der Waals surface area contributed by atoms with Gasteiger partial charge in [0.05, 0.1) is 11.3 Å². The Kier molecular flexibility index (Phi) is 3.46. The predicted molar refractivity (Wildman–Crippen MR) is 65.7 cm³/mol. The minimum atomic E-state index is -3.25. The van der Waals surface area contributed by atoms with Gasteiger partial charge in [0.15, 0.2) is 0 Å². The molecule has 0 unspecified atom stereocenters. The van der Waals surface area contributed by atoms with Crippen LogP contribution in [0.4, 0.5) is 0 Å². The van der Waals surface area contributed by atoms with Gasteiger partial charge in [0.25, 0.3) is 0 Å². The third-order valence-electron chi connectivity index (χ3n) is 4.05. The van der Waals surface area contributed by atoms with Crippen LogP contribution in [0.1, 0.15) is 51.9 Å². The Bertz CT molecular complexity index is 412. The topological polar surface area (TPSA) is 70.0 Å². The smallest absolute Gasteiger partial charge is 0.212 e. The normalized spacial score (nSPS) is 34.2. The molecule has 0 aliphatic heterocycles. The van der Waals surface area contributed by atoms with Crippen molar-refractivity contribution >= 4 is 10.0 Å². The number of sulfonamides is 1. The van der Waals surface area contributed by atoms with Crippen LogP contribution in [0.2, 0.25) is 0 Å². The van der Waals surface area contributed by atoms with E-state index in [4.69, 9.17) is 0 Å². The largest absolute Gasteiger partial charge is 0.215 e. The SMILES string of the molecule is CCC1CCC(C#N)(NS(=O)(=O)C2CC2)CC1. The number of nitrogens with zero attached hydrogens (tertiary/aromatic N) is 1. The van der Waals surface area contributed by atoms with Gasteiger partial charge in [0.1, 0.15) is 5.54 Å².